The summed E-state index contributed by atoms with van der Waals surface area (Å²) in [5.74, 6) is 0.693. The van der Waals surface area contributed by atoms with E-state index in [-0.39, 0.29) is 11.9 Å². The molecule has 1 aromatic rings. The lowest BCUT2D eigenvalue weighted by molar-refractivity contribution is 0.232. The second kappa shape index (κ2) is 4.60. The molecule has 0 atom stereocenters. The summed E-state index contributed by atoms with van der Waals surface area (Å²) in [7, 11) is 0. The van der Waals surface area contributed by atoms with Gasteiger partial charge in [0.2, 0.25) is 5.88 Å². The van der Waals surface area contributed by atoms with Crippen molar-refractivity contribution in [3.8, 4) is 5.88 Å². The first kappa shape index (κ1) is 10.5. The number of pyridine rings is 1. The first-order valence-electron chi connectivity index (χ1n) is 4.53. The molecular formula is C10H15N3O. The molecule has 3 N–H and O–H groups in total. The van der Waals surface area contributed by atoms with Crippen LogP contribution in [-0.2, 0) is 6.42 Å². The number of hydrogen-bond donors (Lipinski definition) is 2. The van der Waals surface area contributed by atoms with E-state index in [0.717, 1.165) is 5.69 Å². The van der Waals surface area contributed by atoms with Crippen molar-refractivity contribution in [2.24, 2.45) is 5.73 Å². The van der Waals surface area contributed by atoms with Crippen molar-refractivity contribution in [3.63, 3.8) is 0 Å². The fourth-order valence-corrected chi connectivity index (χ4v) is 1.06. The number of rotatable bonds is 4. The first-order valence-corrected chi connectivity index (χ1v) is 4.53. The summed E-state index contributed by atoms with van der Waals surface area (Å²) >= 11 is 0. The standard InChI is InChI=1S/C10H15N3O/c1-7(2)14-10-5-3-4-8(13-10)6-9(11)12/h3-5,7H,6H2,1-2H3,(H3,11,12). The van der Waals surface area contributed by atoms with Crippen LogP contribution in [-0.4, -0.2) is 16.9 Å². The van der Waals surface area contributed by atoms with Gasteiger partial charge in [-0.3, -0.25) is 5.41 Å². The van der Waals surface area contributed by atoms with Crippen LogP contribution in [0.4, 0.5) is 0 Å². The topological polar surface area (TPSA) is 72.0 Å². The van der Waals surface area contributed by atoms with E-state index < -0.39 is 0 Å². The van der Waals surface area contributed by atoms with Gasteiger partial charge in [-0.1, -0.05) is 6.07 Å². The van der Waals surface area contributed by atoms with Crippen LogP contribution in [0, 0.1) is 5.41 Å². The molecule has 0 saturated heterocycles. The third-order valence-electron chi connectivity index (χ3n) is 1.51. The lowest BCUT2D eigenvalue weighted by Gasteiger charge is -2.09. The molecule has 0 unspecified atom stereocenters. The highest BCUT2D eigenvalue weighted by Gasteiger charge is 2.01. The number of hydrogen-bond acceptors (Lipinski definition) is 3. The molecule has 0 bridgehead atoms. The lowest BCUT2D eigenvalue weighted by Crippen LogP contribution is -2.14. The third-order valence-corrected chi connectivity index (χ3v) is 1.51. The average Bonchev–Trinajstić information content (AvgIpc) is 2.01. The molecule has 0 amide bonds. The first-order chi connectivity index (χ1) is 6.58. The van der Waals surface area contributed by atoms with Crippen LogP contribution >= 0.6 is 0 Å². The van der Waals surface area contributed by atoms with Crippen LogP contribution in [0.1, 0.15) is 19.5 Å². The van der Waals surface area contributed by atoms with Crippen LogP contribution in [0.2, 0.25) is 0 Å². The number of aromatic nitrogens is 1. The number of nitrogens with two attached hydrogens (primary N) is 1. The Morgan fingerprint density at radius 2 is 2.29 bits per heavy atom. The lowest BCUT2D eigenvalue weighted by atomic mass is 10.2. The van der Waals surface area contributed by atoms with Crippen LogP contribution in [0.5, 0.6) is 5.88 Å². The molecule has 0 saturated carbocycles. The van der Waals surface area contributed by atoms with Crippen LogP contribution in [0.25, 0.3) is 0 Å². The number of ether oxygens (including phenoxy) is 1. The summed E-state index contributed by atoms with van der Waals surface area (Å²) in [6.45, 7) is 3.89. The van der Waals surface area contributed by atoms with Crippen molar-refractivity contribution < 1.29 is 4.74 Å². The smallest absolute Gasteiger partial charge is 0.213 e. The summed E-state index contributed by atoms with van der Waals surface area (Å²) in [5.41, 5.74) is 6.04. The van der Waals surface area contributed by atoms with E-state index in [1.54, 1.807) is 6.07 Å². The summed E-state index contributed by atoms with van der Waals surface area (Å²) < 4.78 is 5.41. The van der Waals surface area contributed by atoms with Gasteiger partial charge in [-0.2, -0.15) is 0 Å². The number of nitrogens with one attached hydrogen (secondary N) is 1. The van der Waals surface area contributed by atoms with Crippen LogP contribution < -0.4 is 10.5 Å². The Labute approximate surface area is 83.6 Å². The van der Waals surface area contributed by atoms with Gasteiger partial charge in [0, 0.05) is 12.5 Å². The summed E-state index contributed by atoms with van der Waals surface area (Å²) in [5, 5.41) is 7.14. The van der Waals surface area contributed by atoms with Gasteiger partial charge in [-0.25, -0.2) is 4.98 Å². The Kier molecular flexibility index (Phi) is 3.45. The minimum absolute atomic E-state index is 0.107. The van der Waals surface area contributed by atoms with Crippen molar-refractivity contribution in [2.75, 3.05) is 0 Å². The van der Waals surface area contributed by atoms with Gasteiger partial charge in [0.25, 0.3) is 0 Å². The van der Waals surface area contributed by atoms with E-state index in [1.165, 1.54) is 0 Å². The highest BCUT2D eigenvalue weighted by molar-refractivity contribution is 5.78. The highest BCUT2D eigenvalue weighted by atomic mass is 16.5. The molecule has 1 heterocycles. The van der Waals surface area contributed by atoms with Crippen LogP contribution in [0.15, 0.2) is 18.2 Å². The zero-order valence-corrected chi connectivity index (χ0v) is 8.45. The minimum Gasteiger partial charge on any atom is -0.475 e. The van der Waals surface area contributed by atoms with E-state index >= 15 is 0 Å². The maximum Gasteiger partial charge on any atom is 0.213 e. The molecule has 4 heteroatoms. The largest absolute Gasteiger partial charge is 0.475 e. The minimum atomic E-state index is 0.107. The Bertz CT molecular complexity index is 323. The van der Waals surface area contributed by atoms with Gasteiger partial charge in [0.15, 0.2) is 0 Å². The van der Waals surface area contributed by atoms with Gasteiger partial charge >= 0.3 is 0 Å². The molecule has 1 rings (SSSR count). The molecule has 76 valence electrons. The quantitative estimate of drug-likeness (QED) is 0.560. The predicted molar refractivity (Wildman–Crippen MR) is 55.6 cm³/mol. The zero-order valence-electron chi connectivity index (χ0n) is 8.45. The van der Waals surface area contributed by atoms with Gasteiger partial charge < -0.3 is 10.5 Å². The average molecular weight is 193 g/mol. The van der Waals surface area contributed by atoms with Gasteiger partial charge in [-0.15, -0.1) is 0 Å². The normalized spacial score (nSPS) is 10.2. The Hall–Kier alpha value is -1.58. The maximum atomic E-state index is 7.14. The van der Waals surface area contributed by atoms with E-state index in [4.69, 9.17) is 15.9 Å². The second-order valence-electron chi connectivity index (χ2n) is 3.34. The maximum absolute atomic E-state index is 7.14. The molecular weight excluding hydrogens is 178 g/mol. The molecule has 4 nitrogen and oxygen atoms in total. The molecule has 1 aromatic heterocycles. The number of nitrogens with zero attached hydrogens (tertiary/aromatic N) is 1. The van der Waals surface area contributed by atoms with Crippen LogP contribution in [0.3, 0.4) is 0 Å². The molecule has 0 aliphatic heterocycles. The van der Waals surface area contributed by atoms with Crippen molar-refractivity contribution in [1.29, 1.82) is 5.41 Å². The molecule has 0 aliphatic carbocycles. The molecule has 0 spiro atoms. The van der Waals surface area contributed by atoms with Crippen molar-refractivity contribution in [3.05, 3.63) is 23.9 Å². The fourth-order valence-electron chi connectivity index (χ4n) is 1.06. The molecule has 0 aromatic carbocycles. The Morgan fingerprint density at radius 3 is 2.86 bits per heavy atom. The molecule has 14 heavy (non-hydrogen) atoms. The fraction of sp³-hybridized carbons (Fsp3) is 0.400. The summed E-state index contributed by atoms with van der Waals surface area (Å²) in [6, 6.07) is 5.47. The van der Waals surface area contributed by atoms with Gasteiger partial charge in [0.1, 0.15) is 0 Å². The highest BCUT2D eigenvalue weighted by Crippen LogP contribution is 2.09. The zero-order chi connectivity index (χ0) is 10.6. The second-order valence-corrected chi connectivity index (χ2v) is 3.34. The summed E-state index contributed by atoms with van der Waals surface area (Å²) in [4.78, 5) is 4.21. The van der Waals surface area contributed by atoms with Crippen molar-refractivity contribution >= 4 is 5.84 Å². The third kappa shape index (κ3) is 3.43. The SMILES string of the molecule is CC(C)Oc1cccc(CC(=N)N)n1. The predicted octanol–water partition coefficient (Wildman–Crippen LogP) is 1.35. The molecule has 0 aliphatic rings. The van der Waals surface area contributed by atoms with E-state index in [1.807, 2.05) is 26.0 Å². The van der Waals surface area contributed by atoms with E-state index in [0.29, 0.717) is 12.3 Å². The van der Waals surface area contributed by atoms with Crippen molar-refractivity contribution in [1.82, 2.24) is 4.98 Å². The summed E-state index contributed by atoms with van der Waals surface area (Å²) in [6.07, 6.45) is 0.477. The molecule has 0 radical (unpaired) electrons. The van der Waals surface area contributed by atoms with E-state index in [9.17, 15) is 0 Å². The molecule has 0 fully saturated rings. The number of amidine groups is 1. The Morgan fingerprint density at radius 1 is 1.57 bits per heavy atom. The van der Waals surface area contributed by atoms with E-state index in [2.05, 4.69) is 4.98 Å². The monoisotopic (exact) mass is 193 g/mol. The van der Waals surface area contributed by atoms with Crippen molar-refractivity contribution in [2.45, 2.75) is 26.4 Å². The van der Waals surface area contributed by atoms with Gasteiger partial charge in [-0.05, 0) is 19.9 Å². The van der Waals surface area contributed by atoms with Gasteiger partial charge in [0.05, 0.1) is 17.6 Å². The Balaban J connectivity index is 2.73.